The molecule has 1 atom stereocenters. The summed E-state index contributed by atoms with van der Waals surface area (Å²) in [6.45, 7) is 1.39. The number of hydrogen-bond donors (Lipinski definition) is 1. The summed E-state index contributed by atoms with van der Waals surface area (Å²) in [4.78, 5) is 0. The molecule has 1 aromatic rings. The number of nitrogens with one attached hydrogen (secondary N) is 1. The van der Waals surface area contributed by atoms with Gasteiger partial charge in [0.05, 0.1) is 11.0 Å². The lowest BCUT2D eigenvalue weighted by molar-refractivity contribution is 0.573. The quantitative estimate of drug-likeness (QED) is 0.899. The van der Waals surface area contributed by atoms with Gasteiger partial charge < -0.3 is 5.32 Å². The first-order chi connectivity index (χ1) is 9.17. The van der Waals surface area contributed by atoms with Crippen molar-refractivity contribution in [2.24, 2.45) is 0 Å². The smallest absolute Gasteiger partial charge is 0.154 e. The molecule has 3 nitrogen and oxygen atoms in total. The van der Waals surface area contributed by atoms with Crippen LogP contribution in [0, 0.1) is 0 Å². The van der Waals surface area contributed by atoms with Crippen molar-refractivity contribution in [1.82, 2.24) is 5.32 Å². The molecule has 1 saturated carbocycles. The lowest BCUT2D eigenvalue weighted by atomic mass is 10.0. The lowest BCUT2D eigenvalue weighted by Gasteiger charge is -2.13. The Labute approximate surface area is 115 Å². The van der Waals surface area contributed by atoms with Crippen molar-refractivity contribution in [3.63, 3.8) is 0 Å². The zero-order valence-corrected chi connectivity index (χ0v) is 12.0. The van der Waals surface area contributed by atoms with E-state index in [4.69, 9.17) is 0 Å². The second-order valence-corrected chi connectivity index (χ2v) is 8.14. The van der Waals surface area contributed by atoms with E-state index in [1.165, 1.54) is 24.0 Å². The third kappa shape index (κ3) is 3.00. The Balaban J connectivity index is 1.58. The first-order valence-electron chi connectivity index (χ1n) is 7.17. The summed E-state index contributed by atoms with van der Waals surface area (Å²) in [7, 11) is -2.82. The van der Waals surface area contributed by atoms with Gasteiger partial charge in [0.1, 0.15) is 0 Å². The third-order valence-corrected chi connectivity index (χ3v) is 6.50. The van der Waals surface area contributed by atoms with Gasteiger partial charge in [0.15, 0.2) is 9.84 Å². The zero-order valence-electron chi connectivity index (χ0n) is 11.1. The molecule has 1 heterocycles. The molecule has 2 fully saturated rings. The number of rotatable bonds is 5. The van der Waals surface area contributed by atoms with Crippen molar-refractivity contribution in [1.29, 1.82) is 0 Å². The monoisotopic (exact) mass is 279 g/mol. The van der Waals surface area contributed by atoms with E-state index in [1.807, 2.05) is 0 Å². The van der Waals surface area contributed by atoms with Gasteiger partial charge in [0.25, 0.3) is 0 Å². The van der Waals surface area contributed by atoms with Gasteiger partial charge in [-0.25, -0.2) is 8.42 Å². The van der Waals surface area contributed by atoms with Crippen LogP contribution < -0.4 is 5.32 Å². The summed E-state index contributed by atoms with van der Waals surface area (Å²) in [6, 6.07) is 8.53. The predicted molar refractivity (Wildman–Crippen MR) is 76.9 cm³/mol. The number of benzene rings is 1. The van der Waals surface area contributed by atoms with Crippen molar-refractivity contribution < 1.29 is 8.42 Å². The second kappa shape index (κ2) is 5.25. The highest BCUT2D eigenvalue weighted by Crippen LogP contribution is 2.41. The summed E-state index contributed by atoms with van der Waals surface area (Å²) >= 11 is 0. The van der Waals surface area contributed by atoms with E-state index in [0.29, 0.717) is 12.3 Å². The van der Waals surface area contributed by atoms with E-state index in [-0.39, 0.29) is 5.25 Å². The molecule has 0 aromatic heterocycles. The van der Waals surface area contributed by atoms with Crippen LogP contribution in [-0.2, 0) is 16.4 Å². The van der Waals surface area contributed by atoms with E-state index >= 15 is 0 Å². The highest BCUT2D eigenvalue weighted by molar-refractivity contribution is 7.92. The molecule has 1 aromatic carbocycles. The number of sulfone groups is 1. The maximum Gasteiger partial charge on any atom is 0.154 e. The molecule has 104 valence electrons. The topological polar surface area (TPSA) is 46.2 Å². The second-order valence-electron chi connectivity index (χ2n) is 5.74. The minimum Gasteiger partial charge on any atom is -0.311 e. The fourth-order valence-electron chi connectivity index (χ4n) is 2.94. The van der Waals surface area contributed by atoms with Crippen LogP contribution in [0.4, 0.5) is 0 Å². The Morgan fingerprint density at radius 3 is 2.63 bits per heavy atom. The molecule has 2 aliphatic rings. The third-order valence-electron chi connectivity index (χ3n) is 4.22. The van der Waals surface area contributed by atoms with Gasteiger partial charge in [0.2, 0.25) is 0 Å². The van der Waals surface area contributed by atoms with Gasteiger partial charge in [-0.05, 0) is 42.7 Å². The molecule has 3 rings (SSSR count). The molecule has 4 heteroatoms. The average Bonchev–Trinajstić information content (AvgIpc) is 3.17. The van der Waals surface area contributed by atoms with Crippen LogP contribution in [0.15, 0.2) is 24.3 Å². The van der Waals surface area contributed by atoms with Crippen LogP contribution in [0.2, 0.25) is 0 Å². The normalized spacial score (nSPS) is 25.6. The number of hydrogen-bond acceptors (Lipinski definition) is 3. The highest BCUT2D eigenvalue weighted by Gasteiger charge is 2.31. The van der Waals surface area contributed by atoms with Crippen molar-refractivity contribution in [2.45, 2.75) is 43.4 Å². The molecule has 1 aliphatic heterocycles. The van der Waals surface area contributed by atoms with Crippen molar-refractivity contribution in [3.05, 3.63) is 35.4 Å². The van der Waals surface area contributed by atoms with Gasteiger partial charge in [-0.3, -0.25) is 0 Å². The zero-order chi connectivity index (χ0) is 13.3. The molecular formula is C15H21NO2S. The largest absolute Gasteiger partial charge is 0.311 e. The predicted octanol–water partition coefficient (Wildman–Crippen LogP) is 2.23. The van der Waals surface area contributed by atoms with Gasteiger partial charge in [-0.2, -0.15) is 0 Å². The van der Waals surface area contributed by atoms with Crippen molar-refractivity contribution >= 4 is 9.84 Å². The maximum absolute atomic E-state index is 11.7. The van der Waals surface area contributed by atoms with E-state index in [0.717, 1.165) is 25.3 Å². The molecule has 1 aliphatic carbocycles. The molecule has 0 radical (unpaired) electrons. The minimum atomic E-state index is -2.82. The van der Waals surface area contributed by atoms with Crippen LogP contribution in [0.3, 0.4) is 0 Å². The standard InChI is InChI=1S/C15H21NO2S/c17-19(18)9-3-5-14(19)11-16-10-13-4-1-2-6-15(13)12-7-8-12/h1-2,4,6,12,14,16H,3,5,7-11H2. The van der Waals surface area contributed by atoms with Crippen LogP contribution in [-0.4, -0.2) is 26.0 Å². The van der Waals surface area contributed by atoms with Gasteiger partial charge in [-0.1, -0.05) is 24.3 Å². The van der Waals surface area contributed by atoms with Crippen LogP contribution in [0.1, 0.15) is 42.7 Å². The minimum absolute atomic E-state index is 0.166. The van der Waals surface area contributed by atoms with Crippen LogP contribution in [0.5, 0.6) is 0 Å². The van der Waals surface area contributed by atoms with E-state index < -0.39 is 9.84 Å². The van der Waals surface area contributed by atoms with Gasteiger partial charge in [0, 0.05) is 13.1 Å². The molecule has 1 N–H and O–H groups in total. The molecule has 19 heavy (non-hydrogen) atoms. The first kappa shape index (κ1) is 13.1. The summed E-state index contributed by atoms with van der Waals surface area (Å²) < 4.78 is 23.5. The Bertz CT molecular complexity index is 549. The molecule has 0 bridgehead atoms. The Morgan fingerprint density at radius 2 is 1.95 bits per heavy atom. The van der Waals surface area contributed by atoms with Crippen LogP contribution >= 0.6 is 0 Å². The summed E-state index contributed by atoms with van der Waals surface area (Å²) in [5.74, 6) is 1.12. The Hall–Kier alpha value is -0.870. The fraction of sp³-hybridized carbons (Fsp3) is 0.600. The molecule has 1 saturated heterocycles. The van der Waals surface area contributed by atoms with Gasteiger partial charge >= 0.3 is 0 Å². The Kier molecular flexibility index (Phi) is 3.63. The summed E-state index contributed by atoms with van der Waals surface area (Å²) in [5, 5.41) is 3.18. The SMILES string of the molecule is O=S1(=O)CCCC1CNCc1ccccc1C1CC1. The molecular weight excluding hydrogens is 258 g/mol. The highest BCUT2D eigenvalue weighted by atomic mass is 32.2. The van der Waals surface area contributed by atoms with Crippen molar-refractivity contribution in [2.75, 3.05) is 12.3 Å². The summed E-state index contributed by atoms with van der Waals surface area (Å²) in [5.41, 5.74) is 2.78. The van der Waals surface area contributed by atoms with E-state index in [9.17, 15) is 8.42 Å². The molecule has 0 amide bonds. The summed E-state index contributed by atoms with van der Waals surface area (Å²) in [6.07, 6.45) is 4.25. The van der Waals surface area contributed by atoms with Gasteiger partial charge in [-0.15, -0.1) is 0 Å². The van der Waals surface area contributed by atoms with E-state index in [2.05, 4.69) is 29.6 Å². The Morgan fingerprint density at radius 1 is 1.16 bits per heavy atom. The lowest BCUT2D eigenvalue weighted by Crippen LogP contribution is -2.30. The van der Waals surface area contributed by atoms with Crippen LogP contribution in [0.25, 0.3) is 0 Å². The molecule has 1 unspecified atom stereocenters. The average molecular weight is 279 g/mol. The molecule has 0 spiro atoms. The first-order valence-corrected chi connectivity index (χ1v) is 8.88. The maximum atomic E-state index is 11.7. The van der Waals surface area contributed by atoms with Crippen molar-refractivity contribution in [3.8, 4) is 0 Å². The van der Waals surface area contributed by atoms with E-state index in [1.54, 1.807) is 0 Å². The fourth-order valence-corrected chi connectivity index (χ4v) is 4.74.